The van der Waals surface area contributed by atoms with Crippen molar-refractivity contribution in [3.63, 3.8) is 0 Å². The highest BCUT2D eigenvalue weighted by Crippen LogP contribution is 2.52. The first-order chi connectivity index (χ1) is 13.8. The highest BCUT2D eigenvalue weighted by atomic mass is 127. The van der Waals surface area contributed by atoms with Crippen LogP contribution < -0.4 is 10.6 Å². The minimum Gasteiger partial charge on any atom is -0.356 e. The fourth-order valence-corrected chi connectivity index (χ4v) is 6.12. The van der Waals surface area contributed by atoms with Crippen molar-refractivity contribution in [1.29, 1.82) is 0 Å². The van der Waals surface area contributed by atoms with Crippen LogP contribution in [-0.2, 0) is 19.6 Å². The van der Waals surface area contributed by atoms with Gasteiger partial charge in [-0.05, 0) is 30.6 Å². The van der Waals surface area contributed by atoms with Crippen LogP contribution in [0.15, 0.2) is 17.1 Å². The molecule has 2 aliphatic carbocycles. The third-order valence-corrected chi connectivity index (χ3v) is 7.96. The molecule has 30 heavy (non-hydrogen) atoms. The van der Waals surface area contributed by atoms with Crippen LogP contribution in [0.2, 0.25) is 0 Å². The third-order valence-electron chi connectivity index (χ3n) is 6.69. The predicted octanol–water partition coefficient (Wildman–Crippen LogP) is -0.142. The van der Waals surface area contributed by atoms with Gasteiger partial charge >= 0.3 is 0 Å². The summed E-state index contributed by atoms with van der Waals surface area (Å²) in [6.07, 6.45) is 7.18. The molecule has 0 radical (unpaired) electrons. The Morgan fingerprint density at radius 2 is 1.80 bits per heavy atom. The van der Waals surface area contributed by atoms with Crippen molar-refractivity contribution < 1.29 is 18.0 Å². The number of allylic oxidation sites excluding steroid dienone is 2. The van der Waals surface area contributed by atoms with Crippen molar-refractivity contribution in [3.05, 3.63) is 12.2 Å². The highest BCUT2D eigenvalue weighted by Gasteiger charge is 2.58. The summed E-state index contributed by atoms with van der Waals surface area (Å²) < 4.78 is 24.7. The Hall–Kier alpha value is -1.21. The van der Waals surface area contributed by atoms with Crippen molar-refractivity contribution in [2.24, 2.45) is 34.6 Å². The number of aliphatic imine (C=N–C) groups is 1. The van der Waals surface area contributed by atoms with Crippen molar-refractivity contribution >= 4 is 51.8 Å². The van der Waals surface area contributed by atoms with E-state index >= 15 is 0 Å². The van der Waals surface area contributed by atoms with Crippen LogP contribution in [0, 0.1) is 29.6 Å². The summed E-state index contributed by atoms with van der Waals surface area (Å²) in [6.45, 7) is 2.44. The third kappa shape index (κ3) is 4.38. The highest BCUT2D eigenvalue weighted by molar-refractivity contribution is 14.0. The Balaban J connectivity index is 0.00000256. The number of carbonyl (C=O) groups excluding carboxylic acids is 2. The van der Waals surface area contributed by atoms with Crippen LogP contribution in [0.5, 0.6) is 0 Å². The van der Waals surface area contributed by atoms with Crippen LogP contribution >= 0.6 is 24.0 Å². The predicted molar refractivity (Wildman–Crippen MR) is 124 cm³/mol. The van der Waals surface area contributed by atoms with E-state index in [4.69, 9.17) is 0 Å². The number of halogens is 1. The standard InChI is InChI=1S/C19H29N5O4S.HI/c1-20-19(22-10-12-5-7-23(11-12)29(2,27)28)21-6-8-24-17(25)15-13-3-4-14(9-13)16(15)18(24)26;/h3-4,12-16H,5-11H2,1-2H3,(H2,20,21,22);1H. The zero-order valence-electron chi connectivity index (χ0n) is 17.3. The van der Waals surface area contributed by atoms with E-state index in [9.17, 15) is 18.0 Å². The van der Waals surface area contributed by atoms with E-state index in [1.54, 1.807) is 7.05 Å². The molecule has 2 heterocycles. The second kappa shape index (κ2) is 9.11. The molecule has 2 aliphatic heterocycles. The molecule has 4 rings (SSSR count). The first-order valence-electron chi connectivity index (χ1n) is 10.2. The molecule has 1 saturated carbocycles. The first-order valence-corrected chi connectivity index (χ1v) is 12.1. The summed E-state index contributed by atoms with van der Waals surface area (Å²) in [5.74, 6) is 0.890. The number of carbonyl (C=O) groups is 2. The second-order valence-corrected chi connectivity index (χ2v) is 10.5. The molecule has 2 N–H and O–H groups in total. The lowest BCUT2D eigenvalue weighted by Crippen LogP contribution is -2.45. The van der Waals surface area contributed by atoms with Crippen LogP contribution in [0.25, 0.3) is 0 Å². The number of nitrogens with one attached hydrogen (secondary N) is 2. The molecule has 0 aromatic carbocycles. The fraction of sp³-hybridized carbons (Fsp3) is 0.737. The summed E-state index contributed by atoms with van der Waals surface area (Å²) in [7, 11) is -1.48. The molecular weight excluding hydrogens is 521 g/mol. The van der Waals surface area contributed by atoms with Gasteiger partial charge < -0.3 is 10.6 Å². The number of sulfonamides is 1. The van der Waals surface area contributed by atoms with Crippen LogP contribution in [0.3, 0.4) is 0 Å². The first kappa shape index (κ1) is 23.5. The maximum absolute atomic E-state index is 12.7. The van der Waals surface area contributed by atoms with Crippen molar-refractivity contribution in [2.75, 3.05) is 46.0 Å². The van der Waals surface area contributed by atoms with E-state index in [0.29, 0.717) is 38.7 Å². The largest absolute Gasteiger partial charge is 0.356 e. The molecule has 2 saturated heterocycles. The van der Waals surface area contributed by atoms with Gasteiger partial charge in [0.2, 0.25) is 21.8 Å². The van der Waals surface area contributed by atoms with Gasteiger partial charge in [0, 0.05) is 39.8 Å². The number of rotatable bonds is 6. The van der Waals surface area contributed by atoms with E-state index in [-0.39, 0.29) is 65.4 Å². The van der Waals surface area contributed by atoms with E-state index in [1.807, 2.05) is 0 Å². The maximum atomic E-state index is 12.7. The van der Waals surface area contributed by atoms with Crippen molar-refractivity contribution in [3.8, 4) is 0 Å². The van der Waals surface area contributed by atoms with E-state index < -0.39 is 10.0 Å². The Morgan fingerprint density at radius 1 is 1.17 bits per heavy atom. The number of amides is 2. The van der Waals surface area contributed by atoms with Gasteiger partial charge in [-0.2, -0.15) is 0 Å². The van der Waals surface area contributed by atoms with Gasteiger partial charge in [0.1, 0.15) is 0 Å². The Bertz CT molecular complexity index is 831. The number of guanidine groups is 1. The molecule has 11 heteroatoms. The molecule has 3 fully saturated rings. The molecule has 5 atom stereocenters. The summed E-state index contributed by atoms with van der Waals surface area (Å²) >= 11 is 0. The average Bonchev–Trinajstić information content (AvgIpc) is 3.43. The summed E-state index contributed by atoms with van der Waals surface area (Å²) in [4.78, 5) is 31.0. The van der Waals surface area contributed by atoms with E-state index in [0.717, 1.165) is 12.8 Å². The molecule has 2 amide bonds. The summed E-state index contributed by atoms with van der Waals surface area (Å²) in [5.41, 5.74) is 0. The monoisotopic (exact) mass is 551 g/mol. The van der Waals surface area contributed by atoms with Gasteiger partial charge in [-0.1, -0.05) is 12.2 Å². The molecular formula is C19H30IN5O4S. The number of nitrogens with zero attached hydrogens (tertiary/aromatic N) is 3. The molecule has 0 aromatic rings. The second-order valence-electron chi connectivity index (χ2n) is 8.48. The number of hydrogen-bond donors (Lipinski definition) is 2. The molecule has 0 spiro atoms. The van der Waals surface area contributed by atoms with E-state index in [2.05, 4.69) is 27.8 Å². The number of likely N-dealkylation sites (tertiary alicyclic amines) is 1. The molecule has 4 aliphatic rings. The lowest BCUT2D eigenvalue weighted by molar-refractivity contribution is -0.140. The van der Waals surface area contributed by atoms with Crippen molar-refractivity contribution in [2.45, 2.75) is 12.8 Å². The molecule has 9 nitrogen and oxygen atoms in total. The van der Waals surface area contributed by atoms with Gasteiger partial charge in [0.05, 0.1) is 18.1 Å². The summed E-state index contributed by atoms with van der Waals surface area (Å²) in [6, 6.07) is 0. The molecule has 168 valence electrons. The molecule has 2 bridgehead atoms. The SMILES string of the molecule is CN=C(NCCN1C(=O)C2C3C=CC(C3)C2C1=O)NCC1CCN(S(C)(=O)=O)C1.I. The minimum absolute atomic E-state index is 0. The lowest BCUT2D eigenvalue weighted by atomic mass is 9.85. The van der Waals surface area contributed by atoms with Gasteiger partial charge in [0.15, 0.2) is 5.96 Å². The zero-order chi connectivity index (χ0) is 20.8. The maximum Gasteiger partial charge on any atom is 0.233 e. The number of imide groups is 1. The Labute approximate surface area is 194 Å². The van der Waals surface area contributed by atoms with Gasteiger partial charge in [-0.3, -0.25) is 19.5 Å². The minimum atomic E-state index is -3.14. The van der Waals surface area contributed by atoms with Gasteiger partial charge in [-0.15, -0.1) is 24.0 Å². The topological polar surface area (TPSA) is 111 Å². The number of fused-ring (bicyclic) bond motifs is 5. The van der Waals surface area contributed by atoms with E-state index in [1.165, 1.54) is 15.5 Å². The lowest BCUT2D eigenvalue weighted by Gasteiger charge is -2.19. The van der Waals surface area contributed by atoms with Crippen LogP contribution in [0.1, 0.15) is 12.8 Å². The van der Waals surface area contributed by atoms with Crippen molar-refractivity contribution in [1.82, 2.24) is 19.8 Å². The fourth-order valence-electron chi connectivity index (χ4n) is 5.20. The van der Waals surface area contributed by atoms with Crippen LogP contribution in [-0.4, -0.2) is 81.4 Å². The smallest absolute Gasteiger partial charge is 0.233 e. The van der Waals surface area contributed by atoms with Crippen LogP contribution in [0.4, 0.5) is 0 Å². The van der Waals surface area contributed by atoms with Gasteiger partial charge in [-0.25, -0.2) is 12.7 Å². The Morgan fingerprint density at radius 3 is 2.33 bits per heavy atom. The quantitative estimate of drug-likeness (QED) is 0.156. The Kier molecular flexibility index (Phi) is 7.12. The molecule has 0 aromatic heterocycles. The zero-order valence-corrected chi connectivity index (χ0v) is 20.4. The normalized spacial score (nSPS) is 33.2. The van der Waals surface area contributed by atoms with Gasteiger partial charge in [0.25, 0.3) is 0 Å². The molecule has 5 unspecified atom stereocenters. The average molecular weight is 551 g/mol. The summed E-state index contributed by atoms with van der Waals surface area (Å²) in [5, 5.41) is 6.37. The number of hydrogen-bond acceptors (Lipinski definition) is 5.